The van der Waals surface area contributed by atoms with Gasteiger partial charge in [0.05, 0.1) is 34.2 Å². The Kier molecular flexibility index (Phi) is 7.51. The Bertz CT molecular complexity index is 1610. The van der Waals surface area contributed by atoms with Gasteiger partial charge in [0.15, 0.2) is 0 Å². The number of allylic oxidation sites excluding steroid dienone is 2. The van der Waals surface area contributed by atoms with E-state index in [1.165, 1.54) is 33.4 Å². The number of hydrogen-bond acceptors (Lipinski definition) is 3. The van der Waals surface area contributed by atoms with Gasteiger partial charge in [-0.15, -0.1) is 0 Å². The minimum absolute atomic E-state index is 0.699. The molecule has 3 heteroatoms. The van der Waals surface area contributed by atoms with E-state index in [0.29, 0.717) is 6.42 Å². The second-order valence-electron chi connectivity index (χ2n) is 10.5. The van der Waals surface area contributed by atoms with Crippen molar-refractivity contribution in [3.8, 4) is 0 Å². The predicted molar refractivity (Wildman–Crippen MR) is 167 cm³/mol. The minimum Gasteiger partial charge on any atom is -0.249 e. The Morgan fingerprint density at radius 1 is 0.564 bits per heavy atom. The first-order valence-electron chi connectivity index (χ1n) is 13.5. The van der Waals surface area contributed by atoms with Crippen molar-refractivity contribution in [2.75, 3.05) is 0 Å². The first-order valence-corrected chi connectivity index (χ1v) is 13.5. The van der Waals surface area contributed by atoms with Crippen LogP contribution in [0.25, 0.3) is 0 Å². The number of benzene rings is 4. The maximum Gasteiger partial charge on any atom is 0.0962 e. The zero-order valence-corrected chi connectivity index (χ0v) is 23.7. The monoisotopic (exact) mass is 509 g/mol. The van der Waals surface area contributed by atoms with E-state index in [4.69, 9.17) is 15.0 Å². The molecule has 0 fully saturated rings. The van der Waals surface area contributed by atoms with Crippen molar-refractivity contribution < 1.29 is 0 Å². The van der Waals surface area contributed by atoms with Crippen molar-refractivity contribution in [2.24, 2.45) is 15.0 Å². The van der Waals surface area contributed by atoms with Gasteiger partial charge in [-0.3, -0.25) is 0 Å². The Labute approximate surface area is 232 Å². The molecule has 1 aliphatic rings. The lowest BCUT2D eigenvalue weighted by molar-refractivity contribution is 1.28. The van der Waals surface area contributed by atoms with E-state index in [-0.39, 0.29) is 0 Å². The lowest BCUT2D eigenvalue weighted by Gasteiger charge is -2.12. The molecule has 0 unspecified atom stereocenters. The fraction of sp³-hybridized carbons (Fsp3) is 0.194. The standard InChI is InChI=1S/C36H35N3/c1-23-19-25(3)33(26(4)20-23)38-35(29-13-9-7-10-14-29)31-17-18-32(37-31)36(30-15-11-8-12-16-30)39-34-27(5)21-24(2)22-28(34)6/h7-17,19-22H,18H2,1-6H3. The van der Waals surface area contributed by atoms with E-state index in [0.717, 1.165) is 45.3 Å². The van der Waals surface area contributed by atoms with Gasteiger partial charge in [-0.05, 0) is 63.8 Å². The van der Waals surface area contributed by atoms with Crippen molar-refractivity contribution >= 4 is 28.5 Å². The zero-order chi connectivity index (χ0) is 27.5. The number of hydrogen-bond donors (Lipinski definition) is 0. The molecule has 0 radical (unpaired) electrons. The van der Waals surface area contributed by atoms with Gasteiger partial charge in [0.1, 0.15) is 0 Å². The topological polar surface area (TPSA) is 37.1 Å². The van der Waals surface area contributed by atoms with Crippen LogP contribution in [0.3, 0.4) is 0 Å². The zero-order valence-electron chi connectivity index (χ0n) is 23.7. The first kappa shape index (κ1) is 26.2. The predicted octanol–water partition coefficient (Wildman–Crippen LogP) is 9.21. The Morgan fingerprint density at radius 2 is 0.974 bits per heavy atom. The van der Waals surface area contributed by atoms with Crippen LogP contribution >= 0.6 is 0 Å². The maximum atomic E-state index is 5.25. The van der Waals surface area contributed by atoms with E-state index in [9.17, 15) is 0 Å². The third-order valence-electron chi connectivity index (χ3n) is 7.07. The molecule has 0 atom stereocenters. The summed E-state index contributed by atoms with van der Waals surface area (Å²) in [6.07, 6.45) is 2.89. The lowest BCUT2D eigenvalue weighted by atomic mass is 10.0. The van der Waals surface area contributed by atoms with Crippen molar-refractivity contribution in [2.45, 2.75) is 48.0 Å². The Balaban J connectivity index is 1.65. The maximum absolute atomic E-state index is 5.25. The summed E-state index contributed by atoms with van der Waals surface area (Å²) in [5, 5.41) is 0. The molecule has 4 aromatic carbocycles. The summed E-state index contributed by atoms with van der Waals surface area (Å²) in [5.74, 6) is 0. The van der Waals surface area contributed by atoms with Gasteiger partial charge in [0.25, 0.3) is 0 Å². The van der Waals surface area contributed by atoms with E-state index in [1.807, 2.05) is 12.1 Å². The van der Waals surface area contributed by atoms with Crippen molar-refractivity contribution in [3.63, 3.8) is 0 Å². The smallest absolute Gasteiger partial charge is 0.0962 e. The Morgan fingerprint density at radius 3 is 1.44 bits per heavy atom. The second kappa shape index (κ2) is 11.2. The molecule has 1 heterocycles. The molecule has 0 spiro atoms. The van der Waals surface area contributed by atoms with E-state index >= 15 is 0 Å². The summed E-state index contributed by atoms with van der Waals surface area (Å²) in [6.45, 7) is 12.8. The van der Waals surface area contributed by atoms with Crippen LogP contribution in [-0.2, 0) is 0 Å². The van der Waals surface area contributed by atoms with E-state index < -0.39 is 0 Å². The molecular weight excluding hydrogens is 474 g/mol. The molecule has 0 saturated heterocycles. The Hall–Kier alpha value is -4.37. The lowest BCUT2D eigenvalue weighted by Crippen LogP contribution is -2.14. The summed E-state index contributed by atoms with van der Waals surface area (Å²) >= 11 is 0. The summed E-state index contributed by atoms with van der Waals surface area (Å²) in [7, 11) is 0. The number of aryl methyl sites for hydroxylation is 6. The van der Waals surface area contributed by atoms with Crippen LogP contribution in [0.2, 0.25) is 0 Å². The molecule has 0 aromatic heterocycles. The summed E-state index contributed by atoms with van der Waals surface area (Å²) in [6, 6.07) is 29.5. The van der Waals surface area contributed by atoms with Gasteiger partial charge in [0.2, 0.25) is 0 Å². The SMILES string of the molecule is Cc1cc(C)c(N=C(C2=CCC(C(=Nc3c(C)cc(C)cc3C)c3ccccc3)=N2)c2ccccc2)c(C)c1. The third-order valence-corrected chi connectivity index (χ3v) is 7.07. The normalized spacial score (nSPS) is 13.9. The fourth-order valence-corrected chi connectivity index (χ4v) is 5.41. The molecule has 3 nitrogen and oxygen atoms in total. The molecule has 0 aliphatic carbocycles. The fourth-order valence-electron chi connectivity index (χ4n) is 5.41. The largest absolute Gasteiger partial charge is 0.249 e. The van der Waals surface area contributed by atoms with Crippen LogP contribution in [0.1, 0.15) is 50.9 Å². The molecule has 4 aromatic rings. The first-order chi connectivity index (χ1) is 18.8. The highest BCUT2D eigenvalue weighted by Gasteiger charge is 2.21. The highest BCUT2D eigenvalue weighted by atomic mass is 14.9. The van der Waals surface area contributed by atoms with E-state index in [2.05, 4.69) is 120 Å². The average Bonchev–Trinajstić information content (AvgIpc) is 3.38. The molecule has 0 saturated carbocycles. The molecule has 5 rings (SSSR count). The second-order valence-corrected chi connectivity index (χ2v) is 10.5. The molecule has 39 heavy (non-hydrogen) atoms. The number of nitrogens with zero attached hydrogens (tertiary/aromatic N) is 3. The molecule has 0 N–H and O–H groups in total. The van der Waals surface area contributed by atoms with Gasteiger partial charge in [-0.1, -0.05) is 102 Å². The van der Waals surface area contributed by atoms with Crippen molar-refractivity contribution in [3.05, 3.63) is 141 Å². The van der Waals surface area contributed by atoms with Gasteiger partial charge in [0, 0.05) is 17.5 Å². The van der Waals surface area contributed by atoms with Crippen molar-refractivity contribution in [1.82, 2.24) is 0 Å². The summed E-state index contributed by atoms with van der Waals surface area (Å²) < 4.78 is 0. The van der Waals surface area contributed by atoms with Crippen molar-refractivity contribution in [1.29, 1.82) is 0 Å². The van der Waals surface area contributed by atoms with Gasteiger partial charge in [-0.25, -0.2) is 15.0 Å². The quantitative estimate of drug-likeness (QED) is 0.232. The minimum atomic E-state index is 0.699. The van der Waals surface area contributed by atoms with Crippen LogP contribution in [0.4, 0.5) is 11.4 Å². The summed E-state index contributed by atoms with van der Waals surface area (Å²) in [5.41, 5.74) is 14.9. The van der Waals surface area contributed by atoms with Crippen LogP contribution in [0, 0.1) is 41.5 Å². The van der Waals surface area contributed by atoms with Crippen LogP contribution in [-0.4, -0.2) is 17.1 Å². The molecule has 0 bridgehead atoms. The number of aliphatic imine (C=N–C) groups is 3. The molecule has 0 amide bonds. The van der Waals surface area contributed by atoms with Gasteiger partial charge >= 0.3 is 0 Å². The van der Waals surface area contributed by atoms with Gasteiger partial charge in [-0.2, -0.15) is 0 Å². The molecule has 194 valence electrons. The molecule has 1 aliphatic heterocycles. The van der Waals surface area contributed by atoms with E-state index in [1.54, 1.807) is 0 Å². The highest BCUT2D eigenvalue weighted by molar-refractivity contribution is 6.50. The number of rotatable bonds is 6. The van der Waals surface area contributed by atoms with Gasteiger partial charge < -0.3 is 0 Å². The summed E-state index contributed by atoms with van der Waals surface area (Å²) in [4.78, 5) is 15.7. The van der Waals surface area contributed by atoms with Crippen LogP contribution in [0.5, 0.6) is 0 Å². The molecular formula is C36H35N3. The average molecular weight is 510 g/mol. The van der Waals surface area contributed by atoms with Crippen LogP contribution < -0.4 is 0 Å². The van der Waals surface area contributed by atoms with Crippen LogP contribution in [0.15, 0.2) is 112 Å². The third kappa shape index (κ3) is 5.73. The highest BCUT2D eigenvalue weighted by Crippen LogP contribution is 2.30.